The molecule has 0 spiro atoms. The molecule has 0 aliphatic carbocycles. The van der Waals surface area contributed by atoms with Crippen molar-refractivity contribution in [1.82, 2.24) is 10.2 Å². The minimum Gasteiger partial charge on any atom is -0.493 e. The van der Waals surface area contributed by atoms with Crippen molar-refractivity contribution in [2.75, 3.05) is 40.5 Å². The highest BCUT2D eigenvalue weighted by Crippen LogP contribution is 2.28. The average molecular weight is 348 g/mol. The molecule has 2 saturated heterocycles. The Morgan fingerprint density at radius 2 is 2.16 bits per heavy atom. The van der Waals surface area contributed by atoms with Crippen molar-refractivity contribution in [2.45, 2.75) is 37.8 Å². The van der Waals surface area contributed by atoms with Gasteiger partial charge in [-0.15, -0.1) is 0 Å². The number of methoxy groups -OCH3 is 2. The van der Waals surface area contributed by atoms with Crippen molar-refractivity contribution in [2.24, 2.45) is 0 Å². The summed E-state index contributed by atoms with van der Waals surface area (Å²) in [7, 11) is 3.23. The van der Waals surface area contributed by atoms with E-state index in [1.54, 1.807) is 14.2 Å². The first-order chi connectivity index (χ1) is 12.2. The zero-order chi connectivity index (χ0) is 17.6. The maximum atomic E-state index is 12.1. The predicted octanol–water partition coefficient (Wildman–Crippen LogP) is 1.62. The van der Waals surface area contributed by atoms with Gasteiger partial charge in [0.25, 0.3) is 0 Å². The van der Waals surface area contributed by atoms with Crippen LogP contribution >= 0.6 is 0 Å². The second-order valence-electron chi connectivity index (χ2n) is 6.74. The first-order valence-corrected chi connectivity index (χ1v) is 9.03. The third-order valence-electron chi connectivity index (χ3n) is 5.08. The van der Waals surface area contributed by atoms with E-state index in [1.807, 2.05) is 18.2 Å². The molecule has 2 heterocycles. The lowest BCUT2D eigenvalue weighted by Crippen LogP contribution is -2.50. The van der Waals surface area contributed by atoms with Crippen molar-refractivity contribution in [3.05, 3.63) is 23.8 Å². The van der Waals surface area contributed by atoms with E-state index in [0.29, 0.717) is 36.9 Å². The fraction of sp³-hybridized carbons (Fsp3) is 0.632. The quantitative estimate of drug-likeness (QED) is 0.811. The summed E-state index contributed by atoms with van der Waals surface area (Å²) in [5.41, 5.74) is 1.06. The third kappa shape index (κ3) is 4.64. The summed E-state index contributed by atoms with van der Waals surface area (Å²) in [6, 6.07) is 6.35. The zero-order valence-electron chi connectivity index (χ0n) is 15.1. The highest BCUT2D eigenvalue weighted by atomic mass is 16.5. The van der Waals surface area contributed by atoms with Gasteiger partial charge in [0.2, 0.25) is 5.91 Å². The summed E-state index contributed by atoms with van der Waals surface area (Å²) in [5.74, 6) is 1.45. The molecule has 6 nitrogen and oxygen atoms in total. The number of hydrogen-bond donors (Lipinski definition) is 1. The van der Waals surface area contributed by atoms with Gasteiger partial charge in [0.1, 0.15) is 0 Å². The number of amides is 1. The van der Waals surface area contributed by atoms with E-state index in [0.717, 1.165) is 25.3 Å². The summed E-state index contributed by atoms with van der Waals surface area (Å²) in [5, 5.41) is 3.01. The lowest BCUT2D eigenvalue weighted by molar-refractivity contribution is -0.122. The topological polar surface area (TPSA) is 60.0 Å². The molecule has 0 saturated carbocycles. The molecule has 2 aliphatic rings. The molecule has 0 unspecified atom stereocenters. The minimum atomic E-state index is 0.0573. The van der Waals surface area contributed by atoms with Crippen LogP contribution in [0.4, 0.5) is 0 Å². The van der Waals surface area contributed by atoms with Crippen LogP contribution in [0.25, 0.3) is 0 Å². The molecule has 25 heavy (non-hydrogen) atoms. The summed E-state index contributed by atoms with van der Waals surface area (Å²) < 4.78 is 16.4. The van der Waals surface area contributed by atoms with Crippen LogP contribution in [0, 0.1) is 0 Å². The second-order valence-corrected chi connectivity index (χ2v) is 6.74. The minimum absolute atomic E-state index is 0.0573. The third-order valence-corrected chi connectivity index (χ3v) is 5.08. The highest BCUT2D eigenvalue weighted by Gasteiger charge is 2.32. The number of morpholine rings is 1. The molecule has 1 amide bonds. The van der Waals surface area contributed by atoms with Crippen molar-refractivity contribution < 1.29 is 19.0 Å². The van der Waals surface area contributed by atoms with E-state index in [4.69, 9.17) is 14.2 Å². The van der Waals surface area contributed by atoms with Crippen LogP contribution < -0.4 is 14.8 Å². The van der Waals surface area contributed by atoms with Crippen molar-refractivity contribution >= 4 is 5.91 Å². The predicted molar refractivity (Wildman–Crippen MR) is 95.2 cm³/mol. The molecule has 138 valence electrons. The van der Waals surface area contributed by atoms with Crippen LogP contribution in [0.2, 0.25) is 0 Å². The largest absolute Gasteiger partial charge is 0.493 e. The Morgan fingerprint density at radius 3 is 2.96 bits per heavy atom. The monoisotopic (exact) mass is 348 g/mol. The molecule has 2 atom stereocenters. The molecule has 0 aromatic heterocycles. The molecular weight excluding hydrogens is 320 g/mol. The maximum absolute atomic E-state index is 12.1. The Bertz CT molecular complexity index is 593. The van der Waals surface area contributed by atoms with Gasteiger partial charge < -0.3 is 19.5 Å². The van der Waals surface area contributed by atoms with Gasteiger partial charge in [0, 0.05) is 25.6 Å². The van der Waals surface area contributed by atoms with Crippen LogP contribution in [0.5, 0.6) is 11.5 Å². The van der Waals surface area contributed by atoms with Gasteiger partial charge in [-0.1, -0.05) is 6.07 Å². The molecule has 1 aromatic carbocycles. The number of aryl methyl sites for hydroxylation is 1. The molecule has 3 rings (SSSR count). The Hall–Kier alpha value is -1.79. The number of benzene rings is 1. The number of nitrogens with zero attached hydrogens (tertiary/aromatic N) is 1. The smallest absolute Gasteiger partial charge is 0.220 e. The Morgan fingerprint density at radius 1 is 1.32 bits per heavy atom. The molecule has 1 aromatic rings. The molecule has 6 heteroatoms. The molecule has 2 aliphatic heterocycles. The van der Waals surface area contributed by atoms with Gasteiger partial charge in [0.15, 0.2) is 11.5 Å². The first-order valence-electron chi connectivity index (χ1n) is 9.03. The second kappa shape index (κ2) is 8.54. The number of nitrogens with one attached hydrogen (secondary N) is 1. The van der Waals surface area contributed by atoms with E-state index in [9.17, 15) is 4.79 Å². The maximum Gasteiger partial charge on any atom is 0.220 e. The highest BCUT2D eigenvalue weighted by molar-refractivity contribution is 5.76. The SMILES string of the molecule is COc1ccc(CCC(=O)NC[C@H]2CN3CCC[C@@H]3CO2)cc1OC. The Balaban J connectivity index is 1.41. The van der Waals surface area contributed by atoms with Gasteiger partial charge in [-0.2, -0.15) is 0 Å². The Labute approximate surface area is 149 Å². The number of hydrogen-bond acceptors (Lipinski definition) is 5. The normalized spacial score (nSPS) is 23.1. The van der Waals surface area contributed by atoms with Crippen LogP contribution in [0.15, 0.2) is 18.2 Å². The lowest BCUT2D eigenvalue weighted by atomic mass is 10.1. The van der Waals surface area contributed by atoms with E-state index in [-0.39, 0.29) is 12.0 Å². The Kier molecular flexibility index (Phi) is 6.15. The van der Waals surface area contributed by atoms with Crippen LogP contribution in [-0.2, 0) is 16.0 Å². The fourth-order valence-electron chi connectivity index (χ4n) is 3.62. The van der Waals surface area contributed by atoms with Gasteiger partial charge in [-0.05, 0) is 43.5 Å². The van der Waals surface area contributed by atoms with Gasteiger partial charge in [0.05, 0.1) is 26.9 Å². The summed E-state index contributed by atoms with van der Waals surface area (Å²) >= 11 is 0. The average Bonchev–Trinajstić information content (AvgIpc) is 3.12. The lowest BCUT2D eigenvalue weighted by Gasteiger charge is -2.35. The van der Waals surface area contributed by atoms with Crippen molar-refractivity contribution in [3.8, 4) is 11.5 Å². The molecule has 0 radical (unpaired) electrons. The van der Waals surface area contributed by atoms with Crippen LogP contribution in [0.3, 0.4) is 0 Å². The van der Waals surface area contributed by atoms with E-state index in [2.05, 4.69) is 10.2 Å². The standard InChI is InChI=1S/C19H28N2O4/c1-23-17-7-5-14(10-18(17)24-2)6-8-19(22)20-11-16-12-21-9-3-4-15(21)13-25-16/h5,7,10,15-16H,3-4,6,8-9,11-13H2,1-2H3,(H,20,22)/t15-,16+/m1/s1. The fourth-order valence-corrected chi connectivity index (χ4v) is 3.62. The van der Waals surface area contributed by atoms with Crippen molar-refractivity contribution in [3.63, 3.8) is 0 Å². The summed E-state index contributed by atoms with van der Waals surface area (Å²) in [6.45, 7) is 3.48. The summed E-state index contributed by atoms with van der Waals surface area (Å²) in [6.07, 6.45) is 3.74. The molecule has 0 bridgehead atoms. The molecule has 2 fully saturated rings. The van der Waals surface area contributed by atoms with E-state index < -0.39 is 0 Å². The first kappa shape index (κ1) is 18.0. The number of carbonyl (C=O) groups is 1. The number of rotatable bonds is 7. The van der Waals surface area contributed by atoms with Crippen molar-refractivity contribution in [1.29, 1.82) is 0 Å². The molecular formula is C19H28N2O4. The zero-order valence-corrected chi connectivity index (χ0v) is 15.1. The van der Waals surface area contributed by atoms with E-state index >= 15 is 0 Å². The van der Waals surface area contributed by atoms with Gasteiger partial charge in [-0.3, -0.25) is 9.69 Å². The summed E-state index contributed by atoms with van der Waals surface area (Å²) in [4.78, 5) is 14.6. The van der Waals surface area contributed by atoms with Crippen LogP contribution in [-0.4, -0.2) is 63.4 Å². The van der Waals surface area contributed by atoms with E-state index in [1.165, 1.54) is 12.8 Å². The molecule has 1 N–H and O–H groups in total. The van der Waals surface area contributed by atoms with Gasteiger partial charge >= 0.3 is 0 Å². The number of ether oxygens (including phenoxy) is 3. The van der Waals surface area contributed by atoms with Gasteiger partial charge in [-0.25, -0.2) is 0 Å². The number of carbonyl (C=O) groups excluding carboxylic acids is 1. The number of fused-ring (bicyclic) bond motifs is 1. The van der Waals surface area contributed by atoms with Crippen LogP contribution in [0.1, 0.15) is 24.8 Å².